The summed E-state index contributed by atoms with van der Waals surface area (Å²) in [6.45, 7) is 1.16. The molecule has 1 rings (SSSR count). The van der Waals surface area contributed by atoms with Gasteiger partial charge in [0.2, 0.25) is 0 Å². The largest absolute Gasteiger partial charge is 0.348 e. The van der Waals surface area contributed by atoms with Gasteiger partial charge in [-0.1, -0.05) is 0 Å². The normalized spacial score (nSPS) is 9.70. The van der Waals surface area contributed by atoms with Crippen molar-refractivity contribution in [3.63, 3.8) is 0 Å². The summed E-state index contributed by atoms with van der Waals surface area (Å²) in [5.41, 5.74) is 1.37. The summed E-state index contributed by atoms with van der Waals surface area (Å²) in [5.74, 6) is 0. The molecule has 0 aliphatic rings. The van der Waals surface area contributed by atoms with E-state index in [-0.39, 0.29) is 0 Å². The number of aromatic nitrogens is 1. The first-order valence-electron chi connectivity index (χ1n) is 3.60. The predicted molar refractivity (Wildman–Crippen MR) is 40.7 cm³/mol. The first-order valence-corrected chi connectivity index (χ1v) is 3.60. The fraction of sp³-hybridized carbons (Fsp3) is 0.375. The molecule has 0 radical (unpaired) electrons. The number of likely N-dealkylation sites (N-methyl/N-ethyl adjacent to an activating group) is 1. The number of hydrogen-bond acceptors (Lipinski definition) is 1. The number of nitrogens with two attached hydrogens (primary N) is 1. The summed E-state index contributed by atoms with van der Waals surface area (Å²) in [4.78, 5) is 3.94. The molecular weight excluding hydrogens is 124 g/mol. The molecule has 0 bridgehead atoms. The zero-order valence-electron chi connectivity index (χ0n) is 6.25. The van der Waals surface area contributed by atoms with Crippen molar-refractivity contribution in [3.8, 4) is 0 Å². The number of nitrogens with zero attached hydrogens (tertiary/aromatic N) is 1. The Kier molecular flexibility index (Phi) is 2.90. The summed E-state index contributed by atoms with van der Waals surface area (Å²) < 4.78 is 0. The van der Waals surface area contributed by atoms with Crippen LogP contribution in [0.4, 0.5) is 0 Å². The monoisotopic (exact) mass is 137 g/mol. The van der Waals surface area contributed by atoms with Crippen molar-refractivity contribution in [1.82, 2.24) is 4.98 Å². The lowest BCUT2D eigenvalue weighted by atomic mass is 10.2. The minimum absolute atomic E-state index is 1.14. The van der Waals surface area contributed by atoms with Crippen molar-refractivity contribution in [2.45, 2.75) is 6.42 Å². The van der Waals surface area contributed by atoms with Gasteiger partial charge in [0.05, 0.1) is 13.6 Å². The third kappa shape index (κ3) is 2.15. The molecule has 0 unspecified atom stereocenters. The minimum atomic E-state index is 1.14. The van der Waals surface area contributed by atoms with Gasteiger partial charge in [-0.2, -0.15) is 0 Å². The standard InChI is InChI=1S/C8H12N2/c1-9-5-2-8-3-6-10-7-4-8/h3-4,6-7,9H,2,5H2,1H3/p+1. The second-order valence-electron chi connectivity index (χ2n) is 2.30. The predicted octanol–water partition coefficient (Wildman–Crippen LogP) is -0.183. The van der Waals surface area contributed by atoms with Gasteiger partial charge in [0, 0.05) is 18.8 Å². The summed E-state index contributed by atoms with van der Waals surface area (Å²) >= 11 is 0. The van der Waals surface area contributed by atoms with Crippen molar-refractivity contribution >= 4 is 0 Å². The third-order valence-electron chi connectivity index (χ3n) is 1.47. The van der Waals surface area contributed by atoms with Crippen LogP contribution in [-0.2, 0) is 6.42 Å². The molecule has 1 aromatic heterocycles. The maximum atomic E-state index is 3.94. The second-order valence-corrected chi connectivity index (χ2v) is 2.30. The van der Waals surface area contributed by atoms with Crippen molar-refractivity contribution in [2.75, 3.05) is 13.6 Å². The Bertz CT molecular complexity index is 172. The van der Waals surface area contributed by atoms with Crippen LogP contribution in [0.3, 0.4) is 0 Å². The Morgan fingerprint density at radius 2 is 2.10 bits per heavy atom. The number of rotatable bonds is 3. The molecule has 0 saturated heterocycles. The Morgan fingerprint density at radius 1 is 1.40 bits per heavy atom. The fourth-order valence-electron chi connectivity index (χ4n) is 0.860. The topological polar surface area (TPSA) is 29.5 Å². The van der Waals surface area contributed by atoms with Gasteiger partial charge < -0.3 is 5.32 Å². The molecule has 0 saturated carbocycles. The van der Waals surface area contributed by atoms with Crippen LogP contribution >= 0.6 is 0 Å². The lowest BCUT2D eigenvalue weighted by molar-refractivity contribution is -0.626. The molecule has 0 aliphatic heterocycles. The maximum absolute atomic E-state index is 3.94. The maximum Gasteiger partial charge on any atom is 0.0794 e. The van der Waals surface area contributed by atoms with E-state index in [0.29, 0.717) is 0 Å². The Morgan fingerprint density at radius 3 is 2.70 bits per heavy atom. The minimum Gasteiger partial charge on any atom is -0.348 e. The van der Waals surface area contributed by atoms with Crippen molar-refractivity contribution in [2.24, 2.45) is 0 Å². The second kappa shape index (κ2) is 4.01. The molecule has 2 N–H and O–H groups in total. The lowest BCUT2D eigenvalue weighted by Crippen LogP contribution is -2.80. The molecule has 2 heteroatoms. The molecule has 1 aromatic rings. The van der Waals surface area contributed by atoms with Crippen LogP contribution in [0.2, 0.25) is 0 Å². The molecule has 0 aliphatic carbocycles. The van der Waals surface area contributed by atoms with Crippen molar-refractivity contribution in [3.05, 3.63) is 30.1 Å². The summed E-state index contributed by atoms with van der Waals surface area (Å²) in [6.07, 6.45) is 4.81. The first kappa shape index (κ1) is 7.22. The molecule has 1 heterocycles. The summed E-state index contributed by atoms with van der Waals surface area (Å²) in [7, 11) is 2.08. The van der Waals surface area contributed by atoms with Gasteiger partial charge in [-0.05, 0) is 17.7 Å². The van der Waals surface area contributed by atoms with Crippen LogP contribution in [0.5, 0.6) is 0 Å². The number of pyridine rings is 1. The van der Waals surface area contributed by atoms with E-state index >= 15 is 0 Å². The van der Waals surface area contributed by atoms with E-state index in [1.54, 1.807) is 0 Å². The van der Waals surface area contributed by atoms with E-state index in [9.17, 15) is 0 Å². The molecular formula is C8H13N2+. The van der Waals surface area contributed by atoms with Crippen LogP contribution in [-0.4, -0.2) is 18.6 Å². The smallest absolute Gasteiger partial charge is 0.0794 e. The highest BCUT2D eigenvalue weighted by atomic mass is 14.8. The van der Waals surface area contributed by atoms with Gasteiger partial charge in [-0.25, -0.2) is 0 Å². The molecule has 0 spiro atoms. The fourth-order valence-corrected chi connectivity index (χ4v) is 0.860. The van der Waals surface area contributed by atoms with Crippen LogP contribution in [0.25, 0.3) is 0 Å². The van der Waals surface area contributed by atoms with Crippen LogP contribution in [0, 0.1) is 0 Å². The van der Waals surface area contributed by atoms with Gasteiger partial charge in [-0.15, -0.1) is 0 Å². The Hall–Kier alpha value is -0.890. The van der Waals surface area contributed by atoms with E-state index in [1.807, 2.05) is 12.4 Å². The highest BCUT2D eigenvalue weighted by Gasteiger charge is 1.89. The van der Waals surface area contributed by atoms with Gasteiger partial charge in [-0.3, -0.25) is 4.98 Å². The number of hydrogen-bond donors (Lipinski definition) is 1. The van der Waals surface area contributed by atoms with E-state index in [1.165, 1.54) is 5.56 Å². The zero-order chi connectivity index (χ0) is 7.23. The average molecular weight is 137 g/mol. The van der Waals surface area contributed by atoms with Gasteiger partial charge in [0.15, 0.2) is 0 Å². The third-order valence-corrected chi connectivity index (χ3v) is 1.47. The quantitative estimate of drug-likeness (QED) is 0.615. The Labute approximate surface area is 61.3 Å². The molecule has 0 atom stereocenters. The highest BCUT2D eigenvalue weighted by molar-refractivity contribution is 5.09. The molecule has 2 nitrogen and oxygen atoms in total. The molecule has 0 aromatic carbocycles. The average Bonchev–Trinajstić information content (AvgIpc) is 2.03. The van der Waals surface area contributed by atoms with Crippen molar-refractivity contribution < 1.29 is 5.32 Å². The van der Waals surface area contributed by atoms with Crippen molar-refractivity contribution in [1.29, 1.82) is 0 Å². The summed E-state index contributed by atoms with van der Waals surface area (Å²) in [6, 6.07) is 4.12. The molecule has 0 fully saturated rings. The zero-order valence-corrected chi connectivity index (χ0v) is 6.25. The van der Waals surface area contributed by atoms with E-state index in [0.717, 1.165) is 13.0 Å². The SMILES string of the molecule is C[NH2+]CCc1ccncc1. The molecule has 54 valence electrons. The lowest BCUT2D eigenvalue weighted by Gasteiger charge is -1.95. The van der Waals surface area contributed by atoms with Crippen LogP contribution in [0.15, 0.2) is 24.5 Å². The summed E-state index contributed by atoms with van der Waals surface area (Å²) in [5, 5.41) is 2.18. The Balaban J connectivity index is 2.43. The van der Waals surface area contributed by atoms with E-state index in [4.69, 9.17) is 0 Å². The molecule has 10 heavy (non-hydrogen) atoms. The van der Waals surface area contributed by atoms with E-state index in [2.05, 4.69) is 29.5 Å². The van der Waals surface area contributed by atoms with E-state index < -0.39 is 0 Å². The highest BCUT2D eigenvalue weighted by Crippen LogP contribution is 1.94. The van der Waals surface area contributed by atoms with Crippen LogP contribution < -0.4 is 5.32 Å². The van der Waals surface area contributed by atoms with Gasteiger partial charge >= 0.3 is 0 Å². The van der Waals surface area contributed by atoms with Gasteiger partial charge in [0.1, 0.15) is 0 Å². The van der Waals surface area contributed by atoms with Gasteiger partial charge in [0.25, 0.3) is 0 Å². The van der Waals surface area contributed by atoms with Crippen LogP contribution in [0.1, 0.15) is 5.56 Å². The number of quaternary nitrogens is 1. The first-order chi connectivity index (χ1) is 4.93. The molecule has 0 amide bonds.